The third-order valence-corrected chi connectivity index (χ3v) is 5.48. The molecule has 0 aliphatic carbocycles. The van der Waals surface area contributed by atoms with Crippen LogP contribution in [0, 0.1) is 0 Å². The number of hydrogen-bond acceptors (Lipinski definition) is 4. The molecule has 0 amide bonds. The van der Waals surface area contributed by atoms with Crippen LogP contribution < -0.4 is 14.8 Å². The summed E-state index contributed by atoms with van der Waals surface area (Å²) in [6.45, 7) is 10.6. The summed E-state index contributed by atoms with van der Waals surface area (Å²) < 4.78 is 33.8. The Labute approximate surface area is 163 Å². The first kappa shape index (κ1) is 21.4. The highest BCUT2D eigenvalue weighted by molar-refractivity contribution is 7.89. The van der Waals surface area contributed by atoms with Crippen molar-refractivity contribution in [1.29, 1.82) is 0 Å². The van der Waals surface area contributed by atoms with Gasteiger partial charge in [-0.2, -0.15) is 0 Å². The molecule has 6 heteroatoms. The Hall–Kier alpha value is -1.89. The van der Waals surface area contributed by atoms with E-state index >= 15 is 0 Å². The first-order valence-electron chi connectivity index (χ1n) is 9.15. The second-order valence-corrected chi connectivity index (χ2v) is 9.53. The smallest absolute Gasteiger partial charge is 0.241 e. The maximum absolute atomic E-state index is 12.7. The van der Waals surface area contributed by atoms with Crippen molar-refractivity contribution in [2.75, 3.05) is 0 Å². The normalized spacial score (nSPS) is 12.4. The highest BCUT2D eigenvalue weighted by Gasteiger charge is 2.23. The summed E-state index contributed by atoms with van der Waals surface area (Å²) in [6, 6.07) is 15.0. The summed E-state index contributed by atoms with van der Waals surface area (Å²) in [5.74, 6) is 0.835. The lowest BCUT2D eigenvalue weighted by Crippen LogP contribution is -2.40. The van der Waals surface area contributed by atoms with Crippen molar-refractivity contribution >= 4 is 10.0 Å². The molecule has 0 bridgehead atoms. The van der Waals surface area contributed by atoms with E-state index in [1.54, 1.807) is 12.1 Å². The summed E-state index contributed by atoms with van der Waals surface area (Å²) >= 11 is 0. The van der Waals surface area contributed by atoms with E-state index in [-0.39, 0.29) is 6.10 Å². The lowest BCUT2D eigenvalue weighted by atomic mass is 10.1. The lowest BCUT2D eigenvalue weighted by molar-refractivity contribution is 0.242. The summed E-state index contributed by atoms with van der Waals surface area (Å²) in [5.41, 5.74) is 1.29. The Bertz CT molecular complexity index is 856. The fourth-order valence-corrected chi connectivity index (χ4v) is 4.37. The molecule has 0 fully saturated rings. The van der Waals surface area contributed by atoms with Gasteiger partial charge in [0, 0.05) is 18.6 Å². The second kappa shape index (κ2) is 8.87. The molecule has 148 valence electrons. The molecule has 0 atom stereocenters. The van der Waals surface area contributed by atoms with Crippen molar-refractivity contribution in [2.45, 2.75) is 64.2 Å². The van der Waals surface area contributed by atoms with E-state index in [0.717, 1.165) is 16.9 Å². The minimum absolute atomic E-state index is 0.126. The number of rotatable bonds is 8. The van der Waals surface area contributed by atoms with Gasteiger partial charge in [0.1, 0.15) is 5.75 Å². The van der Waals surface area contributed by atoms with Crippen molar-refractivity contribution in [2.24, 2.45) is 0 Å². The maximum Gasteiger partial charge on any atom is 0.241 e. The van der Waals surface area contributed by atoms with Gasteiger partial charge in [0.15, 0.2) is 0 Å². The molecule has 0 unspecified atom stereocenters. The topological polar surface area (TPSA) is 67.4 Å². The third kappa shape index (κ3) is 6.97. The van der Waals surface area contributed by atoms with E-state index in [1.807, 2.05) is 71.0 Å². The van der Waals surface area contributed by atoms with Crippen LogP contribution in [0.5, 0.6) is 5.75 Å². The van der Waals surface area contributed by atoms with Gasteiger partial charge in [-0.3, -0.25) is 0 Å². The van der Waals surface area contributed by atoms with Gasteiger partial charge in [0.2, 0.25) is 10.0 Å². The third-order valence-electron chi connectivity index (χ3n) is 3.62. The first-order valence-corrected chi connectivity index (χ1v) is 10.6. The lowest BCUT2D eigenvalue weighted by Gasteiger charge is -2.21. The molecule has 2 aromatic carbocycles. The van der Waals surface area contributed by atoms with Gasteiger partial charge in [-0.05, 0) is 63.9 Å². The Morgan fingerprint density at radius 1 is 1.00 bits per heavy atom. The van der Waals surface area contributed by atoms with Crippen molar-refractivity contribution in [3.8, 4) is 5.75 Å². The van der Waals surface area contributed by atoms with Crippen LogP contribution in [0.2, 0.25) is 0 Å². The number of nitrogens with one attached hydrogen (secondary N) is 2. The predicted octanol–water partition coefficient (Wildman–Crippen LogP) is 3.84. The van der Waals surface area contributed by atoms with Gasteiger partial charge in [-0.1, -0.05) is 30.3 Å². The minimum Gasteiger partial charge on any atom is -0.491 e. The number of benzene rings is 2. The summed E-state index contributed by atoms with van der Waals surface area (Å²) in [4.78, 5) is 0.310. The van der Waals surface area contributed by atoms with Crippen LogP contribution in [0.15, 0.2) is 53.4 Å². The standard InChI is InChI=1S/C21H30N2O3S/c1-16(2)26-19-11-8-9-17(13-19)14-22-15-18-10-6-7-12-20(18)27(24,25)23-21(3,4)5/h6-13,16,22-23H,14-15H2,1-5H3. The Balaban J connectivity index is 2.07. The fraction of sp³-hybridized carbons (Fsp3) is 0.429. The molecule has 0 aromatic heterocycles. The Morgan fingerprint density at radius 2 is 1.70 bits per heavy atom. The molecule has 2 N–H and O–H groups in total. The molecule has 27 heavy (non-hydrogen) atoms. The molecular weight excluding hydrogens is 360 g/mol. The van der Waals surface area contributed by atoms with Crippen molar-refractivity contribution < 1.29 is 13.2 Å². The molecule has 0 spiro atoms. The molecule has 0 radical (unpaired) electrons. The monoisotopic (exact) mass is 390 g/mol. The number of sulfonamides is 1. The molecule has 2 aromatic rings. The summed E-state index contributed by atoms with van der Waals surface area (Å²) in [6.07, 6.45) is 0.126. The fourth-order valence-electron chi connectivity index (χ4n) is 2.71. The largest absolute Gasteiger partial charge is 0.491 e. The van der Waals surface area contributed by atoms with Gasteiger partial charge >= 0.3 is 0 Å². The van der Waals surface area contributed by atoms with E-state index in [4.69, 9.17) is 4.74 Å². The first-order chi connectivity index (χ1) is 12.6. The molecular formula is C21H30N2O3S. The highest BCUT2D eigenvalue weighted by Crippen LogP contribution is 2.18. The van der Waals surface area contributed by atoms with Gasteiger partial charge in [-0.15, -0.1) is 0 Å². The van der Waals surface area contributed by atoms with Gasteiger partial charge in [-0.25, -0.2) is 13.1 Å². The van der Waals surface area contributed by atoms with E-state index in [9.17, 15) is 8.42 Å². The molecule has 0 saturated carbocycles. The Morgan fingerprint density at radius 3 is 2.37 bits per heavy atom. The highest BCUT2D eigenvalue weighted by atomic mass is 32.2. The van der Waals surface area contributed by atoms with Crippen molar-refractivity contribution in [1.82, 2.24) is 10.0 Å². The van der Waals surface area contributed by atoms with E-state index in [1.165, 1.54) is 0 Å². The van der Waals surface area contributed by atoms with Crippen LogP contribution in [-0.4, -0.2) is 20.1 Å². The van der Waals surface area contributed by atoms with Crippen LogP contribution >= 0.6 is 0 Å². The number of ether oxygens (including phenoxy) is 1. The molecule has 0 aliphatic heterocycles. The quantitative estimate of drug-likeness (QED) is 0.719. The summed E-state index contributed by atoms with van der Waals surface area (Å²) in [5, 5.41) is 3.33. The Kier molecular flexibility index (Phi) is 7.03. The van der Waals surface area contributed by atoms with Crippen LogP contribution in [0.3, 0.4) is 0 Å². The van der Waals surface area contributed by atoms with E-state index in [2.05, 4.69) is 10.0 Å². The van der Waals surface area contributed by atoms with Gasteiger partial charge in [0.25, 0.3) is 0 Å². The van der Waals surface area contributed by atoms with E-state index < -0.39 is 15.6 Å². The summed E-state index contributed by atoms with van der Waals surface area (Å²) in [7, 11) is -3.57. The molecule has 0 heterocycles. The van der Waals surface area contributed by atoms with Crippen LogP contribution in [0.1, 0.15) is 45.7 Å². The van der Waals surface area contributed by atoms with Crippen LogP contribution in [-0.2, 0) is 23.1 Å². The molecule has 5 nitrogen and oxygen atoms in total. The average molecular weight is 391 g/mol. The van der Waals surface area contributed by atoms with Gasteiger partial charge < -0.3 is 10.1 Å². The average Bonchev–Trinajstić information content (AvgIpc) is 2.53. The minimum atomic E-state index is -3.57. The van der Waals surface area contributed by atoms with E-state index in [0.29, 0.717) is 18.0 Å². The van der Waals surface area contributed by atoms with Crippen LogP contribution in [0.4, 0.5) is 0 Å². The predicted molar refractivity (Wildman–Crippen MR) is 109 cm³/mol. The second-order valence-electron chi connectivity index (χ2n) is 7.88. The SMILES string of the molecule is CC(C)Oc1cccc(CNCc2ccccc2S(=O)(=O)NC(C)(C)C)c1. The zero-order valence-corrected chi connectivity index (χ0v) is 17.6. The van der Waals surface area contributed by atoms with Crippen LogP contribution in [0.25, 0.3) is 0 Å². The number of hydrogen-bond donors (Lipinski definition) is 2. The molecule has 0 aliphatic rings. The van der Waals surface area contributed by atoms with Crippen molar-refractivity contribution in [3.05, 3.63) is 59.7 Å². The maximum atomic E-state index is 12.7. The zero-order valence-electron chi connectivity index (χ0n) is 16.7. The molecule has 2 rings (SSSR count). The molecule has 0 saturated heterocycles. The van der Waals surface area contributed by atoms with Gasteiger partial charge in [0.05, 0.1) is 11.0 Å². The zero-order chi connectivity index (χ0) is 20.1. The van der Waals surface area contributed by atoms with Crippen molar-refractivity contribution in [3.63, 3.8) is 0 Å².